The van der Waals surface area contributed by atoms with Gasteiger partial charge in [0.15, 0.2) is 0 Å². The molecule has 20 heavy (non-hydrogen) atoms. The van der Waals surface area contributed by atoms with E-state index in [1.807, 2.05) is 6.92 Å². The molecule has 114 valence electrons. The largest absolute Gasteiger partial charge is 0.326 e. The first-order valence-electron chi connectivity index (χ1n) is 6.66. The maximum atomic E-state index is 12.5. The minimum absolute atomic E-state index is 0.0621. The molecule has 0 saturated carbocycles. The van der Waals surface area contributed by atoms with Crippen molar-refractivity contribution >= 4 is 21.6 Å². The molecule has 0 aliphatic rings. The maximum Gasteiger partial charge on any atom is 0.243 e. The molecular weight excluding hydrogens is 296 g/mol. The van der Waals surface area contributed by atoms with Gasteiger partial charge in [0, 0.05) is 24.7 Å². The quantitative estimate of drug-likeness (QED) is 0.877. The minimum Gasteiger partial charge on any atom is -0.326 e. The number of benzene rings is 1. The van der Waals surface area contributed by atoms with E-state index in [1.165, 1.54) is 10.4 Å². The molecule has 0 amide bonds. The van der Waals surface area contributed by atoms with Crippen LogP contribution in [0, 0.1) is 5.92 Å². The minimum atomic E-state index is -3.52. The van der Waals surface area contributed by atoms with Crippen LogP contribution in [0.1, 0.15) is 32.8 Å². The predicted molar refractivity (Wildman–Crippen MR) is 83.2 cm³/mol. The van der Waals surface area contributed by atoms with E-state index in [1.54, 1.807) is 19.2 Å². The summed E-state index contributed by atoms with van der Waals surface area (Å²) in [5.74, 6) is 0.436. The number of nitrogens with zero attached hydrogens (tertiary/aromatic N) is 1. The standard InChI is InChI=1S/C14H23ClN2O2S/c1-10(2)7-11(3)17(4)20(18,19)13-6-5-12(9-16)14(15)8-13/h5-6,8,10-11H,7,9,16H2,1-4H3. The van der Waals surface area contributed by atoms with Gasteiger partial charge in [0.2, 0.25) is 10.0 Å². The average Bonchev–Trinajstić information content (AvgIpc) is 2.36. The van der Waals surface area contributed by atoms with Crippen molar-refractivity contribution in [2.24, 2.45) is 11.7 Å². The Balaban J connectivity index is 3.07. The Morgan fingerprint density at radius 1 is 1.30 bits per heavy atom. The summed E-state index contributed by atoms with van der Waals surface area (Å²) in [5.41, 5.74) is 6.27. The Hall–Kier alpha value is -0.620. The van der Waals surface area contributed by atoms with Crippen LogP contribution in [0.4, 0.5) is 0 Å². The van der Waals surface area contributed by atoms with Crippen molar-refractivity contribution < 1.29 is 8.42 Å². The Labute approximate surface area is 127 Å². The van der Waals surface area contributed by atoms with Crippen molar-refractivity contribution in [2.75, 3.05) is 7.05 Å². The first-order valence-corrected chi connectivity index (χ1v) is 8.48. The third-order valence-electron chi connectivity index (χ3n) is 3.35. The first kappa shape index (κ1) is 17.4. The van der Waals surface area contributed by atoms with Crippen LogP contribution in [0.15, 0.2) is 23.1 Å². The van der Waals surface area contributed by atoms with Crippen LogP contribution in [0.5, 0.6) is 0 Å². The fourth-order valence-electron chi connectivity index (χ4n) is 2.09. The number of nitrogens with two attached hydrogens (primary N) is 1. The van der Waals surface area contributed by atoms with Gasteiger partial charge in [-0.3, -0.25) is 0 Å². The molecule has 1 rings (SSSR count). The fraction of sp³-hybridized carbons (Fsp3) is 0.571. The van der Waals surface area contributed by atoms with Crippen LogP contribution in [-0.2, 0) is 16.6 Å². The molecule has 1 aromatic carbocycles. The summed E-state index contributed by atoms with van der Waals surface area (Å²) >= 11 is 6.04. The summed E-state index contributed by atoms with van der Waals surface area (Å²) in [7, 11) is -1.92. The van der Waals surface area contributed by atoms with Gasteiger partial charge >= 0.3 is 0 Å². The molecule has 4 nitrogen and oxygen atoms in total. The molecule has 0 saturated heterocycles. The normalized spacial score (nSPS) is 14.0. The maximum absolute atomic E-state index is 12.5. The lowest BCUT2D eigenvalue weighted by Crippen LogP contribution is -2.35. The highest BCUT2D eigenvalue weighted by Crippen LogP contribution is 2.24. The molecule has 1 atom stereocenters. The molecule has 0 aromatic heterocycles. The van der Waals surface area contributed by atoms with Crippen LogP contribution in [0.25, 0.3) is 0 Å². The molecule has 0 aliphatic heterocycles. The van der Waals surface area contributed by atoms with Crippen molar-refractivity contribution in [1.29, 1.82) is 0 Å². The van der Waals surface area contributed by atoms with Gasteiger partial charge in [-0.2, -0.15) is 4.31 Å². The highest BCUT2D eigenvalue weighted by Gasteiger charge is 2.26. The van der Waals surface area contributed by atoms with Crippen LogP contribution in [0.3, 0.4) is 0 Å². The second-order valence-corrected chi connectivity index (χ2v) is 7.86. The van der Waals surface area contributed by atoms with Gasteiger partial charge in [0.1, 0.15) is 0 Å². The Bertz CT molecular complexity index is 558. The van der Waals surface area contributed by atoms with Crippen molar-refractivity contribution in [3.05, 3.63) is 28.8 Å². The lowest BCUT2D eigenvalue weighted by molar-refractivity contribution is 0.338. The van der Waals surface area contributed by atoms with Gasteiger partial charge in [-0.1, -0.05) is 31.5 Å². The molecule has 1 unspecified atom stereocenters. The van der Waals surface area contributed by atoms with Gasteiger partial charge in [-0.05, 0) is 37.0 Å². The third-order valence-corrected chi connectivity index (χ3v) is 5.67. The molecule has 6 heteroatoms. The molecule has 1 aromatic rings. The summed E-state index contributed by atoms with van der Waals surface area (Å²) in [4.78, 5) is 0.206. The van der Waals surface area contributed by atoms with E-state index in [-0.39, 0.29) is 10.9 Å². The van der Waals surface area contributed by atoms with E-state index in [4.69, 9.17) is 17.3 Å². The van der Waals surface area contributed by atoms with Gasteiger partial charge in [0.25, 0.3) is 0 Å². The second-order valence-electron chi connectivity index (χ2n) is 5.46. The number of halogens is 1. The van der Waals surface area contributed by atoms with E-state index in [9.17, 15) is 8.42 Å². The smallest absolute Gasteiger partial charge is 0.243 e. The zero-order valence-corrected chi connectivity index (χ0v) is 14.0. The summed E-state index contributed by atoms with van der Waals surface area (Å²) in [6, 6.07) is 4.63. The fourth-order valence-corrected chi connectivity index (χ4v) is 3.81. The first-order chi connectivity index (χ1) is 9.20. The van der Waals surface area contributed by atoms with Crippen molar-refractivity contribution in [1.82, 2.24) is 4.31 Å². The molecule has 0 heterocycles. The number of rotatable bonds is 6. The zero-order valence-electron chi connectivity index (χ0n) is 12.4. The van der Waals surface area contributed by atoms with Crippen molar-refractivity contribution in [3.63, 3.8) is 0 Å². The molecule has 2 N–H and O–H groups in total. The molecular formula is C14H23ClN2O2S. The Morgan fingerprint density at radius 3 is 2.35 bits per heavy atom. The van der Waals surface area contributed by atoms with Crippen LogP contribution < -0.4 is 5.73 Å². The van der Waals surface area contributed by atoms with Gasteiger partial charge in [0.05, 0.1) is 4.90 Å². The third kappa shape index (κ3) is 3.95. The summed E-state index contributed by atoms with van der Waals surface area (Å²) in [6.45, 7) is 6.35. The molecule has 0 spiro atoms. The van der Waals surface area contributed by atoms with Crippen molar-refractivity contribution in [3.8, 4) is 0 Å². The topological polar surface area (TPSA) is 63.4 Å². The van der Waals surface area contributed by atoms with Gasteiger partial charge in [-0.25, -0.2) is 8.42 Å². The lowest BCUT2D eigenvalue weighted by atomic mass is 10.1. The summed E-state index contributed by atoms with van der Waals surface area (Å²) < 4.78 is 26.5. The van der Waals surface area contributed by atoms with Gasteiger partial charge < -0.3 is 5.73 Å². The Morgan fingerprint density at radius 2 is 1.90 bits per heavy atom. The number of sulfonamides is 1. The monoisotopic (exact) mass is 318 g/mol. The summed E-state index contributed by atoms with van der Waals surface area (Å²) in [5, 5.41) is 0.387. The number of hydrogen-bond donors (Lipinski definition) is 1. The highest BCUT2D eigenvalue weighted by molar-refractivity contribution is 7.89. The van der Waals surface area contributed by atoms with Crippen LogP contribution in [0.2, 0.25) is 5.02 Å². The second kappa shape index (κ2) is 6.89. The molecule has 0 radical (unpaired) electrons. The van der Waals surface area contributed by atoms with E-state index in [0.29, 0.717) is 17.5 Å². The molecule has 0 aliphatic carbocycles. The van der Waals surface area contributed by atoms with Crippen LogP contribution in [-0.4, -0.2) is 25.8 Å². The van der Waals surface area contributed by atoms with Crippen LogP contribution >= 0.6 is 11.6 Å². The van der Waals surface area contributed by atoms with E-state index >= 15 is 0 Å². The summed E-state index contributed by atoms with van der Waals surface area (Å²) in [6.07, 6.45) is 0.810. The van der Waals surface area contributed by atoms with E-state index < -0.39 is 10.0 Å². The molecule has 0 bridgehead atoms. The van der Waals surface area contributed by atoms with E-state index in [0.717, 1.165) is 12.0 Å². The Kier molecular flexibility index (Phi) is 6.01. The number of hydrogen-bond acceptors (Lipinski definition) is 3. The highest BCUT2D eigenvalue weighted by atomic mass is 35.5. The molecule has 0 fully saturated rings. The SMILES string of the molecule is CC(C)CC(C)N(C)S(=O)(=O)c1ccc(CN)c(Cl)c1. The van der Waals surface area contributed by atoms with Gasteiger partial charge in [-0.15, -0.1) is 0 Å². The zero-order chi connectivity index (χ0) is 15.5. The van der Waals surface area contributed by atoms with Crippen molar-refractivity contribution in [2.45, 2.75) is 44.7 Å². The predicted octanol–water partition coefficient (Wildman–Crippen LogP) is 2.85. The van der Waals surface area contributed by atoms with E-state index in [2.05, 4.69) is 13.8 Å². The average molecular weight is 319 g/mol. The lowest BCUT2D eigenvalue weighted by Gasteiger charge is -2.25.